The van der Waals surface area contributed by atoms with E-state index in [2.05, 4.69) is 46.6 Å². The molecule has 0 aliphatic carbocycles. The second-order valence-electron chi connectivity index (χ2n) is 6.11. The van der Waals surface area contributed by atoms with Crippen LogP contribution in [0.3, 0.4) is 0 Å². The van der Waals surface area contributed by atoms with Crippen molar-refractivity contribution in [2.75, 3.05) is 17.2 Å². The lowest BCUT2D eigenvalue weighted by Gasteiger charge is -2.14. The lowest BCUT2D eigenvalue weighted by molar-refractivity contribution is 0.342. The molecule has 1 aromatic heterocycles. The molecule has 0 amide bonds. The number of benzene rings is 2. The minimum absolute atomic E-state index is 0.612. The van der Waals surface area contributed by atoms with Crippen LogP contribution in [0.4, 0.5) is 23.0 Å². The van der Waals surface area contributed by atoms with E-state index in [1.54, 1.807) is 0 Å². The zero-order valence-electron chi connectivity index (χ0n) is 15.6. The molecule has 0 saturated heterocycles. The summed E-state index contributed by atoms with van der Waals surface area (Å²) >= 11 is 0. The Morgan fingerprint density at radius 1 is 0.846 bits per heavy atom. The Kier molecular flexibility index (Phi) is 5.37. The van der Waals surface area contributed by atoms with Gasteiger partial charge in [0, 0.05) is 11.8 Å². The van der Waals surface area contributed by atoms with E-state index in [-0.39, 0.29) is 0 Å². The van der Waals surface area contributed by atoms with Crippen molar-refractivity contribution in [3.63, 3.8) is 0 Å². The second kappa shape index (κ2) is 7.87. The molecule has 2 N–H and O–H groups in total. The van der Waals surface area contributed by atoms with E-state index >= 15 is 0 Å². The van der Waals surface area contributed by atoms with Gasteiger partial charge in [0.1, 0.15) is 23.2 Å². The molecule has 26 heavy (non-hydrogen) atoms. The van der Waals surface area contributed by atoms with Crippen LogP contribution in [0.25, 0.3) is 0 Å². The molecular weight excluding hydrogens is 324 g/mol. The Hall–Kier alpha value is -3.08. The van der Waals surface area contributed by atoms with Gasteiger partial charge in [-0.1, -0.05) is 24.3 Å². The first kappa shape index (κ1) is 17.7. The van der Waals surface area contributed by atoms with Crippen LogP contribution in [-0.4, -0.2) is 16.6 Å². The predicted octanol–water partition coefficient (Wildman–Crippen LogP) is 5.29. The van der Waals surface area contributed by atoms with Crippen molar-refractivity contribution in [1.82, 2.24) is 9.97 Å². The summed E-state index contributed by atoms with van der Waals surface area (Å²) in [6.45, 7) is 8.67. The molecule has 5 nitrogen and oxygen atoms in total. The van der Waals surface area contributed by atoms with Gasteiger partial charge in [-0.05, 0) is 57.0 Å². The van der Waals surface area contributed by atoms with Crippen LogP contribution in [0.1, 0.15) is 23.9 Å². The zero-order chi connectivity index (χ0) is 18.5. The first-order valence-corrected chi connectivity index (χ1v) is 8.74. The Balaban J connectivity index is 1.88. The number of ether oxygens (including phenoxy) is 1. The van der Waals surface area contributed by atoms with E-state index in [1.807, 2.05) is 50.2 Å². The van der Waals surface area contributed by atoms with Gasteiger partial charge in [0.05, 0.1) is 12.3 Å². The Bertz CT molecular complexity index is 908. The molecule has 1 heterocycles. The van der Waals surface area contributed by atoms with Crippen LogP contribution in [-0.2, 0) is 0 Å². The number of aromatic nitrogens is 2. The molecule has 0 saturated carbocycles. The highest BCUT2D eigenvalue weighted by molar-refractivity contribution is 5.68. The molecule has 5 heteroatoms. The van der Waals surface area contributed by atoms with Crippen molar-refractivity contribution in [2.45, 2.75) is 27.7 Å². The summed E-state index contributed by atoms with van der Waals surface area (Å²) in [5, 5.41) is 6.73. The molecule has 3 rings (SSSR count). The van der Waals surface area contributed by atoms with Crippen molar-refractivity contribution < 1.29 is 4.74 Å². The van der Waals surface area contributed by atoms with Gasteiger partial charge in [0.25, 0.3) is 0 Å². The standard InChI is InChI=1S/C21H24N4O/c1-5-26-19-12-7-6-10-18(19)25-21-13-20(22-16(4)23-21)24-17-11-8-9-14(2)15(17)3/h6-13H,5H2,1-4H3,(H2,22,23,24,25). The van der Waals surface area contributed by atoms with E-state index in [1.165, 1.54) is 11.1 Å². The van der Waals surface area contributed by atoms with Crippen molar-refractivity contribution in [1.29, 1.82) is 0 Å². The minimum atomic E-state index is 0.612. The molecule has 0 fully saturated rings. The SMILES string of the molecule is CCOc1ccccc1Nc1cc(Nc2cccc(C)c2C)nc(C)n1. The van der Waals surface area contributed by atoms with E-state index in [4.69, 9.17) is 4.74 Å². The van der Waals surface area contributed by atoms with Gasteiger partial charge < -0.3 is 15.4 Å². The van der Waals surface area contributed by atoms with Crippen LogP contribution in [0.2, 0.25) is 0 Å². The fraction of sp³-hybridized carbons (Fsp3) is 0.238. The largest absolute Gasteiger partial charge is 0.492 e. The van der Waals surface area contributed by atoms with Crippen LogP contribution in [0.5, 0.6) is 5.75 Å². The highest BCUT2D eigenvalue weighted by atomic mass is 16.5. The monoisotopic (exact) mass is 348 g/mol. The first-order valence-electron chi connectivity index (χ1n) is 8.74. The topological polar surface area (TPSA) is 59.1 Å². The fourth-order valence-electron chi connectivity index (χ4n) is 2.71. The van der Waals surface area contributed by atoms with Gasteiger partial charge in [-0.15, -0.1) is 0 Å². The smallest absolute Gasteiger partial charge is 0.142 e. The van der Waals surface area contributed by atoms with Crippen molar-refractivity contribution in [3.05, 3.63) is 65.5 Å². The normalized spacial score (nSPS) is 10.5. The van der Waals surface area contributed by atoms with Crippen LogP contribution < -0.4 is 15.4 Å². The van der Waals surface area contributed by atoms with Crippen molar-refractivity contribution >= 4 is 23.0 Å². The lowest BCUT2D eigenvalue weighted by atomic mass is 10.1. The van der Waals surface area contributed by atoms with Gasteiger partial charge >= 0.3 is 0 Å². The number of nitrogens with zero attached hydrogens (tertiary/aromatic N) is 2. The maximum Gasteiger partial charge on any atom is 0.142 e. The molecule has 0 bridgehead atoms. The summed E-state index contributed by atoms with van der Waals surface area (Å²) in [6, 6.07) is 15.9. The third kappa shape index (κ3) is 4.11. The summed E-state index contributed by atoms with van der Waals surface area (Å²) in [7, 11) is 0. The third-order valence-electron chi connectivity index (χ3n) is 4.15. The van der Waals surface area contributed by atoms with Gasteiger partial charge in [-0.25, -0.2) is 9.97 Å². The molecule has 0 radical (unpaired) electrons. The first-order chi connectivity index (χ1) is 12.6. The average Bonchev–Trinajstić information content (AvgIpc) is 2.60. The van der Waals surface area contributed by atoms with Crippen LogP contribution in [0.15, 0.2) is 48.5 Å². The van der Waals surface area contributed by atoms with Gasteiger partial charge in [-0.2, -0.15) is 0 Å². The summed E-state index contributed by atoms with van der Waals surface area (Å²) < 4.78 is 5.67. The Morgan fingerprint density at radius 2 is 1.50 bits per heavy atom. The van der Waals surface area contributed by atoms with E-state index < -0.39 is 0 Å². The average molecular weight is 348 g/mol. The maximum absolute atomic E-state index is 5.67. The number of nitrogens with one attached hydrogen (secondary N) is 2. The molecule has 3 aromatic rings. The highest BCUT2D eigenvalue weighted by Gasteiger charge is 2.08. The van der Waals surface area contributed by atoms with Gasteiger partial charge in [0.2, 0.25) is 0 Å². The predicted molar refractivity (Wildman–Crippen MR) is 107 cm³/mol. The summed E-state index contributed by atoms with van der Waals surface area (Å²) in [6.07, 6.45) is 0. The quantitative estimate of drug-likeness (QED) is 0.634. The van der Waals surface area contributed by atoms with Crippen LogP contribution >= 0.6 is 0 Å². The zero-order valence-corrected chi connectivity index (χ0v) is 15.6. The molecule has 2 aromatic carbocycles. The number of rotatable bonds is 6. The van der Waals surface area contributed by atoms with E-state index in [0.717, 1.165) is 28.8 Å². The minimum Gasteiger partial charge on any atom is -0.492 e. The number of para-hydroxylation sites is 2. The Morgan fingerprint density at radius 3 is 2.23 bits per heavy atom. The summed E-state index contributed by atoms with van der Waals surface area (Å²) in [4.78, 5) is 9.00. The molecule has 134 valence electrons. The van der Waals surface area contributed by atoms with Crippen molar-refractivity contribution in [3.8, 4) is 5.75 Å². The summed E-state index contributed by atoms with van der Waals surface area (Å²) in [5.41, 5.74) is 4.37. The van der Waals surface area contributed by atoms with Gasteiger partial charge in [-0.3, -0.25) is 0 Å². The molecule has 0 atom stereocenters. The number of hydrogen-bond donors (Lipinski definition) is 2. The number of aryl methyl sites for hydroxylation is 2. The van der Waals surface area contributed by atoms with E-state index in [9.17, 15) is 0 Å². The lowest BCUT2D eigenvalue weighted by Crippen LogP contribution is -2.03. The van der Waals surface area contributed by atoms with Gasteiger partial charge in [0.15, 0.2) is 0 Å². The number of anilines is 4. The molecule has 0 aliphatic heterocycles. The molecule has 0 spiro atoms. The molecule has 0 aliphatic rings. The van der Waals surface area contributed by atoms with Crippen LogP contribution in [0, 0.1) is 20.8 Å². The second-order valence-corrected chi connectivity index (χ2v) is 6.11. The highest BCUT2D eigenvalue weighted by Crippen LogP contribution is 2.28. The third-order valence-corrected chi connectivity index (χ3v) is 4.15. The van der Waals surface area contributed by atoms with Crippen molar-refractivity contribution in [2.24, 2.45) is 0 Å². The summed E-state index contributed by atoms with van der Waals surface area (Å²) in [5.74, 6) is 2.96. The fourth-order valence-corrected chi connectivity index (χ4v) is 2.71. The van der Waals surface area contributed by atoms with E-state index in [0.29, 0.717) is 12.4 Å². The molecular formula is C21H24N4O. The molecule has 0 unspecified atom stereocenters. The number of hydrogen-bond acceptors (Lipinski definition) is 5. The Labute approximate surface area is 154 Å². The maximum atomic E-state index is 5.67.